The minimum absolute atomic E-state index is 0.106. The average molecular weight is 1350 g/mol. The third kappa shape index (κ3) is 66.7. The lowest BCUT2D eigenvalue weighted by atomic mass is 10.0. The summed E-state index contributed by atoms with van der Waals surface area (Å²) in [5.74, 6) is 0.143. The van der Waals surface area contributed by atoms with Crippen LogP contribution in [0.4, 0.5) is 0 Å². The van der Waals surface area contributed by atoms with Gasteiger partial charge in [0.1, 0.15) is 19.3 Å². The first-order chi connectivity index (χ1) is 44.2. The molecule has 0 fully saturated rings. The Bertz CT molecular complexity index is 1800. The van der Waals surface area contributed by atoms with Crippen LogP contribution in [0, 0.1) is 17.8 Å². The Labute approximate surface area is 562 Å². The highest BCUT2D eigenvalue weighted by Crippen LogP contribution is 2.45. The molecule has 2 unspecified atom stereocenters. The highest BCUT2D eigenvalue weighted by molar-refractivity contribution is 7.47. The van der Waals surface area contributed by atoms with Crippen molar-refractivity contribution < 1.29 is 80.2 Å². The van der Waals surface area contributed by atoms with Crippen LogP contribution in [0.3, 0.4) is 0 Å². The normalized spacial score (nSPS) is 14.1. The number of aliphatic hydroxyl groups is 1. The number of carbonyl (C=O) groups excluding carboxylic acids is 4. The van der Waals surface area contributed by atoms with Gasteiger partial charge in [-0.2, -0.15) is 0 Å². The van der Waals surface area contributed by atoms with E-state index in [0.717, 1.165) is 108 Å². The molecule has 92 heavy (non-hydrogen) atoms. The summed E-state index contributed by atoms with van der Waals surface area (Å²) in [5.41, 5.74) is 0. The summed E-state index contributed by atoms with van der Waals surface area (Å²) in [6, 6.07) is 0. The standard InChI is InChI=1S/C73H142O17P2/c1-8-9-10-11-12-13-14-21-27-34-42-49-56-72(77)90-69(61-84-71(76)55-48-41-36-29-32-39-46-53-66(6)7)63-88-92(81,82)86-59-67(74)58-85-91(79,80)87-62-68(89-73(78)57-50-43-35-28-23-18-16-20-25-31-38-45-52-65(4)5)60-83-70(75)54-47-40-33-26-22-17-15-19-24-30-37-44-51-64(2)3/h64-69,74H,8-63H2,1-7H3,(H,79,80)(H,81,82)/t67-,68-,69-/m1/s1. The molecule has 0 saturated carbocycles. The fourth-order valence-corrected chi connectivity index (χ4v) is 12.7. The highest BCUT2D eigenvalue weighted by atomic mass is 31.2. The number of aliphatic hydroxyl groups excluding tert-OH is 1. The largest absolute Gasteiger partial charge is 0.472 e. The van der Waals surface area contributed by atoms with Gasteiger partial charge in [0, 0.05) is 25.7 Å². The number of carbonyl (C=O) groups is 4. The third-order valence-corrected chi connectivity index (χ3v) is 18.8. The molecule has 546 valence electrons. The van der Waals surface area contributed by atoms with E-state index in [1.165, 1.54) is 173 Å². The summed E-state index contributed by atoms with van der Waals surface area (Å²) in [5, 5.41) is 10.6. The van der Waals surface area contributed by atoms with Gasteiger partial charge in [-0.15, -0.1) is 0 Å². The van der Waals surface area contributed by atoms with Crippen molar-refractivity contribution in [3.63, 3.8) is 0 Å². The Balaban J connectivity index is 5.25. The number of hydrogen-bond acceptors (Lipinski definition) is 15. The zero-order valence-electron chi connectivity index (χ0n) is 60.0. The zero-order valence-corrected chi connectivity index (χ0v) is 61.8. The number of hydrogen-bond donors (Lipinski definition) is 3. The summed E-state index contributed by atoms with van der Waals surface area (Å²) in [6.07, 6.45) is 48.5. The van der Waals surface area contributed by atoms with Gasteiger partial charge in [0.05, 0.1) is 26.4 Å². The Morgan fingerprint density at radius 3 is 0.739 bits per heavy atom. The maximum Gasteiger partial charge on any atom is 0.472 e. The molecule has 0 aromatic rings. The number of ether oxygens (including phenoxy) is 4. The van der Waals surface area contributed by atoms with Crippen molar-refractivity contribution in [1.82, 2.24) is 0 Å². The first kappa shape index (κ1) is 90.1. The van der Waals surface area contributed by atoms with Crippen molar-refractivity contribution >= 4 is 39.5 Å². The van der Waals surface area contributed by atoms with Gasteiger partial charge in [-0.05, 0) is 43.4 Å². The van der Waals surface area contributed by atoms with E-state index < -0.39 is 97.5 Å². The molecule has 0 radical (unpaired) electrons. The summed E-state index contributed by atoms with van der Waals surface area (Å²) < 4.78 is 68.4. The predicted molar refractivity (Wildman–Crippen MR) is 372 cm³/mol. The molecular formula is C73H142O17P2. The Hall–Kier alpha value is -1.94. The van der Waals surface area contributed by atoms with Gasteiger partial charge in [0.25, 0.3) is 0 Å². The first-order valence-corrected chi connectivity index (χ1v) is 40.8. The quantitative estimate of drug-likeness (QED) is 0.0222. The van der Waals surface area contributed by atoms with Gasteiger partial charge < -0.3 is 33.8 Å². The van der Waals surface area contributed by atoms with Crippen LogP contribution in [-0.2, 0) is 65.4 Å². The van der Waals surface area contributed by atoms with Crippen molar-refractivity contribution in [3.05, 3.63) is 0 Å². The molecule has 0 spiro atoms. The molecule has 0 saturated heterocycles. The van der Waals surface area contributed by atoms with E-state index in [-0.39, 0.29) is 25.7 Å². The highest BCUT2D eigenvalue weighted by Gasteiger charge is 2.30. The molecule has 3 N–H and O–H groups in total. The molecule has 0 amide bonds. The SMILES string of the molecule is CCCCCCCCCCCCCCC(=O)O[C@H](COC(=O)CCCCCCCCCC(C)C)COP(=O)(O)OC[C@H](O)COP(=O)(O)OC[C@@H](COC(=O)CCCCCCCCCCCCCCC(C)C)OC(=O)CCCCCCCCCCCCCCC(C)C. The smallest absolute Gasteiger partial charge is 0.462 e. The van der Waals surface area contributed by atoms with E-state index in [1.54, 1.807) is 0 Å². The Morgan fingerprint density at radius 2 is 0.500 bits per heavy atom. The summed E-state index contributed by atoms with van der Waals surface area (Å²) in [7, 11) is -9.91. The lowest BCUT2D eigenvalue weighted by Gasteiger charge is -2.21. The van der Waals surface area contributed by atoms with Crippen LogP contribution in [-0.4, -0.2) is 96.7 Å². The second kappa shape index (κ2) is 63.8. The van der Waals surface area contributed by atoms with E-state index in [0.29, 0.717) is 31.6 Å². The van der Waals surface area contributed by atoms with Gasteiger partial charge in [-0.3, -0.25) is 37.3 Å². The fraction of sp³-hybridized carbons (Fsp3) is 0.945. The molecule has 0 aromatic heterocycles. The molecular weight excluding hydrogens is 1210 g/mol. The van der Waals surface area contributed by atoms with Crippen molar-refractivity contribution in [2.75, 3.05) is 39.6 Å². The van der Waals surface area contributed by atoms with E-state index in [2.05, 4.69) is 48.5 Å². The predicted octanol–water partition coefficient (Wildman–Crippen LogP) is 21.0. The van der Waals surface area contributed by atoms with Gasteiger partial charge >= 0.3 is 39.5 Å². The minimum Gasteiger partial charge on any atom is -0.462 e. The van der Waals surface area contributed by atoms with Crippen LogP contribution in [0.15, 0.2) is 0 Å². The fourth-order valence-electron chi connectivity index (χ4n) is 11.1. The first-order valence-electron chi connectivity index (χ1n) is 37.8. The summed E-state index contributed by atoms with van der Waals surface area (Å²) in [6.45, 7) is 11.8. The minimum atomic E-state index is -4.96. The lowest BCUT2D eigenvalue weighted by molar-refractivity contribution is -0.161. The molecule has 0 rings (SSSR count). The maximum atomic E-state index is 13.1. The van der Waals surface area contributed by atoms with E-state index >= 15 is 0 Å². The van der Waals surface area contributed by atoms with Crippen LogP contribution >= 0.6 is 15.6 Å². The summed E-state index contributed by atoms with van der Waals surface area (Å²) >= 11 is 0. The molecule has 19 heteroatoms. The molecule has 5 atom stereocenters. The second-order valence-corrected chi connectivity index (χ2v) is 30.7. The molecule has 0 aromatic carbocycles. The molecule has 0 aliphatic carbocycles. The molecule has 0 heterocycles. The van der Waals surface area contributed by atoms with Gasteiger partial charge in [0.15, 0.2) is 12.2 Å². The van der Waals surface area contributed by atoms with Crippen molar-refractivity contribution in [3.8, 4) is 0 Å². The number of phosphoric ester groups is 2. The lowest BCUT2D eigenvalue weighted by Crippen LogP contribution is -2.30. The molecule has 0 aliphatic heterocycles. The summed E-state index contributed by atoms with van der Waals surface area (Å²) in [4.78, 5) is 72.7. The molecule has 17 nitrogen and oxygen atoms in total. The van der Waals surface area contributed by atoms with Crippen molar-refractivity contribution in [1.29, 1.82) is 0 Å². The number of unbranched alkanes of at least 4 members (excludes halogenated alkanes) is 39. The average Bonchev–Trinajstić information content (AvgIpc) is 1.55. The van der Waals surface area contributed by atoms with Crippen LogP contribution in [0.25, 0.3) is 0 Å². The Morgan fingerprint density at radius 1 is 0.293 bits per heavy atom. The van der Waals surface area contributed by atoms with E-state index in [9.17, 15) is 43.2 Å². The van der Waals surface area contributed by atoms with Gasteiger partial charge in [-0.1, -0.05) is 318 Å². The molecule has 0 bridgehead atoms. The topological polar surface area (TPSA) is 237 Å². The van der Waals surface area contributed by atoms with Crippen LogP contribution in [0.2, 0.25) is 0 Å². The monoisotopic (exact) mass is 1350 g/mol. The van der Waals surface area contributed by atoms with E-state index in [1.807, 2.05) is 0 Å². The maximum absolute atomic E-state index is 13.1. The Kier molecular flexibility index (Phi) is 62.4. The third-order valence-electron chi connectivity index (χ3n) is 16.9. The zero-order chi connectivity index (χ0) is 68.0. The number of esters is 4. The van der Waals surface area contributed by atoms with Crippen LogP contribution in [0.5, 0.6) is 0 Å². The van der Waals surface area contributed by atoms with Crippen LogP contribution in [0.1, 0.15) is 370 Å². The molecule has 0 aliphatic rings. The van der Waals surface area contributed by atoms with Gasteiger partial charge in [0.2, 0.25) is 0 Å². The van der Waals surface area contributed by atoms with Crippen LogP contribution < -0.4 is 0 Å². The van der Waals surface area contributed by atoms with Crippen molar-refractivity contribution in [2.24, 2.45) is 17.8 Å². The number of rotatable bonds is 71. The number of phosphoric acid groups is 2. The second-order valence-electron chi connectivity index (χ2n) is 27.8. The van der Waals surface area contributed by atoms with Crippen molar-refractivity contribution in [2.45, 2.75) is 388 Å². The van der Waals surface area contributed by atoms with E-state index in [4.69, 9.17) is 37.0 Å². The van der Waals surface area contributed by atoms with Gasteiger partial charge in [-0.25, -0.2) is 9.13 Å².